The molecule has 0 atom stereocenters. The van der Waals surface area contributed by atoms with Crippen LogP contribution >= 0.6 is 11.3 Å². The van der Waals surface area contributed by atoms with Crippen molar-refractivity contribution in [1.29, 1.82) is 0 Å². The summed E-state index contributed by atoms with van der Waals surface area (Å²) in [6.07, 6.45) is 2.83. The Balaban J connectivity index is 1.58. The molecule has 2 aromatic rings. The number of aliphatic imine (C=N–C) groups is 1. The Labute approximate surface area is 165 Å². The largest absolute Gasteiger partial charge is 0.495 e. The second-order valence-corrected chi connectivity index (χ2v) is 7.82. The first-order valence-corrected chi connectivity index (χ1v) is 10.4. The van der Waals surface area contributed by atoms with Gasteiger partial charge < -0.3 is 19.9 Å². The van der Waals surface area contributed by atoms with Crippen molar-refractivity contribution in [1.82, 2.24) is 15.2 Å². The first-order chi connectivity index (χ1) is 13.2. The van der Waals surface area contributed by atoms with Crippen LogP contribution in [0.2, 0.25) is 0 Å². The highest BCUT2D eigenvalue weighted by Gasteiger charge is 2.21. The predicted octanol–water partition coefficient (Wildman–Crippen LogP) is 2.79. The standard InChI is InChI=1S/C20H29N5OS/c1-4-21-20(22-10-9-19-23-15-16(2)27-19)25-13-11-24(12-14-25)17-7-5-6-8-18(17)26-3/h5-8,15H,4,9-14H2,1-3H3,(H,21,22). The van der Waals surface area contributed by atoms with Crippen LogP contribution in [0.25, 0.3) is 0 Å². The lowest BCUT2D eigenvalue weighted by Crippen LogP contribution is -2.52. The zero-order chi connectivity index (χ0) is 19.1. The second-order valence-electron chi connectivity index (χ2n) is 6.50. The molecule has 0 bridgehead atoms. The zero-order valence-electron chi connectivity index (χ0n) is 16.4. The van der Waals surface area contributed by atoms with Crippen molar-refractivity contribution in [2.75, 3.05) is 51.3 Å². The minimum absolute atomic E-state index is 0.766. The fourth-order valence-corrected chi connectivity index (χ4v) is 4.03. The molecule has 1 fully saturated rings. The van der Waals surface area contributed by atoms with E-state index < -0.39 is 0 Å². The fourth-order valence-electron chi connectivity index (χ4n) is 3.25. The monoisotopic (exact) mass is 387 g/mol. The molecule has 6 nitrogen and oxygen atoms in total. The second kappa shape index (κ2) is 9.60. The molecule has 1 aliphatic rings. The Morgan fingerprint density at radius 1 is 1.26 bits per heavy atom. The minimum atomic E-state index is 0.766. The summed E-state index contributed by atoms with van der Waals surface area (Å²) < 4.78 is 5.51. The highest BCUT2D eigenvalue weighted by atomic mass is 32.1. The van der Waals surface area contributed by atoms with Gasteiger partial charge in [-0.25, -0.2) is 4.98 Å². The summed E-state index contributed by atoms with van der Waals surface area (Å²) in [5, 5.41) is 4.60. The summed E-state index contributed by atoms with van der Waals surface area (Å²) in [6, 6.07) is 8.23. The number of guanidine groups is 1. The van der Waals surface area contributed by atoms with Crippen molar-refractivity contribution in [2.24, 2.45) is 4.99 Å². The van der Waals surface area contributed by atoms with Gasteiger partial charge in [0, 0.05) is 56.8 Å². The predicted molar refractivity (Wildman–Crippen MR) is 113 cm³/mol. The molecule has 1 aliphatic heterocycles. The molecule has 0 radical (unpaired) electrons. The average molecular weight is 388 g/mol. The van der Waals surface area contributed by atoms with Gasteiger partial charge in [-0.05, 0) is 26.0 Å². The number of thiazole rings is 1. The van der Waals surface area contributed by atoms with Crippen LogP contribution in [-0.4, -0.2) is 62.2 Å². The van der Waals surface area contributed by atoms with Gasteiger partial charge in [0.2, 0.25) is 0 Å². The quantitative estimate of drug-likeness (QED) is 0.610. The number of nitrogens with one attached hydrogen (secondary N) is 1. The van der Waals surface area contributed by atoms with Gasteiger partial charge in [-0.15, -0.1) is 11.3 Å². The summed E-state index contributed by atoms with van der Waals surface area (Å²) in [5.74, 6) is 1.94. The summed E-state index contributed by atoms with van der Waals surface area (Å²) in [6.45, 7) is 9.65. The van der Waals surface area contributed by atoms with Crippen LogP contribution in [0.4, 0.5) is 5.69 Å². The number of benzene rings is 1. The normalized spacial score (nSPS) is 15.1. The maximum absolute atomic E-state index is 5.51. The van der Waals surface area contributed by atoms with Crippen molar-refractivity contribution in [3.05, 3.63) is 40.3 Å². The van der Waals surface area contributed by atoms with E-state index in [1.165, 1.54) is 10.6 Å². The molecule has 3 rings (SSSR count). The Bertz CT molecular complexity index is 752. The lowest BCUT2D eigenvalue weighted by molar-refractivity contribution is 0.367. The Kier molecular flexibility index (Phi) is 6.92. The number of anilines is 1. The van der Waals surface area contributed by atoms with Crippen molar-refractivity contribution < 1.29 is 4.74 Å². The van der Waals surface area contributed by atoms with E-state index in [-0.39, 0.29) is 0 Å². The molecule has 1 saturated heterocycles. The highest BCUT2D eigenvalue weighted by molar-refractivity contribution is 7.11. The molecule has 146 valence electrons. The van der Waals surface area contributed by atoms with Crippen molar-refractivity contribution in [3.63, 3.8) is 0 Å². The third-order valence-corrected chi connectivity index (χ3v) is 5.57. The number of aryl methyl sites for hydroxylation is 1. The molecule has 1 aromatic heterocycles. The van der Waals surface area contributed by atoms with Crippen molar-refractivity contribution in [2.45, 2.75) is 20.3 Å². The van der Waals surface area contributed by atoms with Gasteiger partial charge in [0.05, 0.1) is 17.8 Å². The maximum Gasteiger partial charge on any atom is 0.194 e. The Morgan fingerprint density at radius 2 is 2.04 bits per heavy atom. The van der Waals surface area contributed by atoms with E-state index in [2.05, 4.69) is 46.1 Å². The van der Waals surface area contributed by atoms with Gasteiger partial charge in [0.15, 0.2) is 5.96 Å². The third-order valence-electron chi connectivity index (χ3n) is 4.60. The van der Waals surface area contributed by atoms with Crippen LogP contribution in [-0.2, 0) is 6.42 Å². The summed E-state index contributed by atoms with van der Waals surface area (Å²) >= 11 is 1.76. The molecular formula is C20H29N5OS. The number of nitrogens with zero attached hydrogens (tertiary/aromatic N) is 4. The molecule has 0 unspecified atom stereocenters. The number of ether oxygens (including phenoxy) is 1. The summed E-state index contributed by atoms with van der Waals surface area (Å²) in [7, 11) is 1.73. The SMILES string of the molecule is CCNC(=NCCc1ncc(C)s1)N1CCN(c2ccccc2OC)CC1. The van der Waals surface area contributed by atoms with Crippen LogP contribution < -0.4 is 15.0 Å². The number of rotatable bonds is 6. The van der Waals surface area contributed by atoms with Crippen LogP contribution in [0.15, 0.2) is 35.5 Å². The van der Waals surface area contributed by atoms with Crippen LogP contribution in [0.1, 0.15) is 16.8 Å². The van der Waals surface area contributed by atoms with Crippen molar-refractivity contribution in [3.8, 4) is 5.75 Å². The van der Waals surface area contributed by atoms with E-state index in [9.17, 15) is 0 Å². The van der Waals surface area contributed by atoms with E-state index in [0.29, 0.717) is 0 Å². The van der Waals surface area contributed by atoms with Crippen LogP contribution in [0.3, 0.4) is 0 Å². The number of piperazine rings is 1. The molecule has 7 heteroatoms. The number of hydrogen-bond acceptors (Lipinski definition) is 5. The molecule has 0 saturated carbocycles. The number of hydrogen-bond donors (Lipinski definition) is 1. The Morgan fingerprint density at radius 3 is 2.70 bits per heavy atom. The molecule has 27 heavy (non-hydrogen) atoms. The van der Waals surface area contributed by atoms with Crippen LogP contribution in [0.5, 0.6) is 5.75 Å². The van der Waals surface area contributed by atoms with E-state index in [1.54, 1.807) is 18.4 Å². The van der Waals surface area contributed by atoms with Gasteiger partial charge in [-0.2, -0.15) is 0 Å². The lowest BCUT2D eigenvalue weighted by atomic mass is 10.2. The molecule has 1 aromatic carbocycles. The highest BCUT2D eigenvalue weighted by Crippen LogP contribution is 2.28. The molecule has 1 N–H and O–H groups in total. The topological polar surface area (TPSA) is 53.0 Å². The van der Waals surface area contributed by atoms with Crippen LogP contribution in [0, 0.1) is 6.92 Å². The first kappa shape index (κ1) is 19.5. The maximum atomic E-state index is 5.51. The average Bonchev–Trinajstić information content (AvgIpc) is 3.12. The number of methoxy groups -OCH3 is 1. The molecule has 0 amide bonds. The molecular weight excluding hydrogens is 358 g/mol. The number of para-hydroxylation sites is 2. The van der Waals surface area contributed by atoms with E-state index in [1.807, 2.05) is 18.3 Å². The molecule has 0 spiro atoms. The fraction of sp³-hybridized carbons (Fsp3) is 0.500. The van der Waals surface area contributed by atoms with E-state index in [4.69, 9.17) is 9.73 Å². The molecule has 0 aliphatic carbocycles. The summed E-state index contributed by atoms with van der Waals surface area (Å²) in [5.41, 5.74) is 1.17. The lowest BCUT2D eigenvalue weighted by Gasteiger charge is -2.38. The number of aromatic nitrogens is 1. The van der Waals surface area contributed by atoms with Gasteiger partial charge >= 0.3 is 0 Å². The van der Waals surface area contributed by atoms with E-state index >= 15 is 0 Å². The smallest absolute Gasteiger partial charge is 0.194 e. The zero-order valence-corrected chi connectivity index (χ0v) is 17.3. The van der Waals surface area contributed by atoms with Gasteiger partial charge in [0.25, 0.3) is 0 Å². The molecule has 2 heterocycles. The Hall–Kier alpha value is -2.28. The van der Waals surface area contributed by atoms with Gasteiger partial charge in [-0.3, -0.25) is 4.99 Å². The minimum Gasteiger partial charge on any atom is -0.495 e. The third kappa shape index (κ3) is 5.13. The first-order valence-electron chi connectivity index (χ1n) is 9.53. The van der Waals surface area contributed by atoms with Gasteiger partial charge in [0.1, 0.15) is 5.75 Å². The van der Waals surface area contributed by atoms with E-state index in [0.717, 1.165) is 62.4 Å². The summed E-state index contributed by atoms with van der Waals surface area (Å²) in [4.78, 5) is 15.2. The van der Waals surface area contributed by atoms with Crippen molar-refractivity contribution >= 4 is 23.0 Å². The van der Waals surface area contributed by atoms with Gasteiger partial charge in [-0.1, -0.05) is 12.1 Å².